The van der Waals surface area contributed by atoms with Crippen LogP contribution in [0.25, 0.3) is 0 Å². The number of hydrogen-bond donors (Lipinski definition) is 0. The first kappa shape index (κ1) is 15.3. The zero-order chi connectivity index (χ0) is 13.9. The Kier molecular flexibility index (Phi) is 5.02. The molecule has 0 bridgehead atoms. The molecule has 0 fully saturated rings. The molecule has 0 N–H and O–H groups in total. The van der Waals surface area contributed by atoms with Gasteiger partial charge in [0.15, 0.2) is 5.78 Å². The van der Waals surface area contributed by atoms with Crippen LogP contribution >= 0.6 is 11.8 Å². The van der Waals surface area contributed by atoms with E-state index < -0.39 is 0 Å². The predicted octanol–water partition coefficient (Wildman–Crippen LogP) is 3.62. The molecule has 3 nitrogen and oxygen atoms in total. The van der Waals surface area contributed by atoms with Crippen LogP contribution in [0.1, 0.15) is 55.9 Å². The molecule has 0 aromatic carbocycles. The lowest BCUT2D eigenvalue weighted by atomic mass is 10.1. The van der Waals surface area contributed by atoms with E-state index in [-0.39, 0.29) is 10.5 Å². The average molecular weight is 268 g/mol. The van der Waals surface area contributed by atoms with Gasteiger partial charge in [-0.15, -0.1) is 0 Å². The van der Waals surface area contributed by atoms with E-state index in [0.717, 1.165) is 29.2 Å². The van der Waals surface area contributed by atoms with Gasteiger partial charge in [0.2, 0.25) is 0 Å². The summed E-state index contributed by atoms with van der Waals surface area (Å²) in [5.41, 5.74) is 2.69. The second-order valence-corrected chi connectivity index (χ2v) is 7.43. The lowest BCUT2D eigenvalue weighted by Crippen LogP contribution is -2.12. The second-order valence-electron chi connectivity index (χ2n) is 5.51. The van der Waals surface area contributed by atoms with E-state index in [0.29, 0.717) is 6.42 Å². The molecule has 1 rings (SSSR count). The van der Waals surface area contributed by atoms with Gasteiger partial charge in [-0.2, -0.15) is 16.9 Å². The van der Waals surface area contributed by atoms with Gasteiger partial charge in [-0.25, -0.2) is 0 Å². The molecule has 1 heterocycles. The van der Waals surface area contributed by atoms with Crippen molar-refractivity contribution in [3.63, 3.8) is 0 Å². The van der Waals surface area contributed by atoms with Gasteiger partial charge in [-0.05, 0) is 13.8 Å². The van der Waals surface area contributed by atoms with Crippen molar-refractivity contribution in [2.45, 2.75) is 59.3 Å². The van der Waals surface area contributed by atoms with Gasteiger partial charge in [0.25, 0.3) is 0 Å². The first-order valence-corrected chi connectivity index (χ1v) is 7.46. The third-order valence-corrected chi connectivity index (χ3v) is 4.07. The van der Waals surface area contributed by atoms with Gasteiger partial charge in [0, 0.05) is 22.6 Å². The molecule has 1 aromatic heterocycles. The molecular weight excluding hydrogens is 244 g/mol. The van der Waals surface area contributed by atoms with Crippen LogP contribution < -0.4 is 0 Å². The summed E-state index contributed by atoms with van der Waals surface area (Å²) in [4.78, 5) is 11.8. The zero-order valence-corrected chi connectivity index (χ0v) is 13.1. The van der Waals surface area contributed by atoms with Crippen molar-refractivity contribution in [1.82, 2.24) is 9.78 Å². The average Bonchev–Trinajstić information content (AvgIpc) is 2.52. The second kappa shape index (κ2) is 5.91. The summed E-state index contributed by atoms with van der Waals surface area (Å²) in [5, 5.41) is 4.48. The Bertz CT molecular complexity index is 430. The molecule has 0 aliphatic heterocycles. The van der Waals surface area contributed by atoms with Crippen LogP contribution in [0.3, 0.4) is 0 Å². The summed E-state index contributed by atoms with van der Waals surface area (Å²) < 4.78 is 2.25. The number of Topliss-reactive ketones (excluding diaryl/α,β-unsaturated/α-hetero) is 1. The maximum absolute atomic E-state index is 11.8. The number of aromatic nitrogens is 2. The monoisotopic (exact) mass is 268 g/mol. The van der Waals surface area contributed by atoms with Crippen LogP contribution in [0, 0.1) is 13.8 Å². The van der Waals surface area contributed by atoms with E-state index >= 15 is 0 Å². The summed E-state index contributed by atoms with van der Waals surface area (Å²) in [7, 11) is 0. The zero-order valence-electron chi connectivity index (χ0n) is 12.3. The smallest absolute Gasteiger partial charge is 0.166 e. The van der Waals surface area contributed by atoms with E-state index in [1.807, 2.05) is 37.2 Å². The minimum atomic E-state index is 0.194. The standard InChI is InChI=1S/C14H24N2OS/c1-7-12(17)13-10(2)15-16(11(13)3)8-9-18-14(4,5)6/h7-9H2,1-6H3. The number of carbonyl (C=O) groups excluding carboxylic acids is 1. The van der Waals surface area contributed by atoms with Crippen LogP contribution in [-0.2, 0) is 6.54 Å². The molecule has 0 aliphatic rings. The maximum Gasteiger partial charge on any atom is 0.166 e. The van der Waals surface area contributed by atoms with E-state index in [2.05, 4.69) is 25.9 Å². The molecule has 0 amide bonds. The number of rotatable bonds is 5. The topological polar surface area (TPSA) is 34.9 Å². The molecule has 102 valence electrons. The minimum absolute atomic E-state index is 0.194. The summed E-state index contributed by atoms with van der Waals surface area (Å²) in [6.07, 6.45) is 0.546. The van der Waals surface area contributed by atoms with Gasteiger partial charge in [0.1, 0.15) is 0 Å². The Morgan fingerprint density at radius 2 is 1.94 bits per heavy atom. The van der Waals surface area contributed by atoms with Crippen molar-refractivity contribution < 1.29 is 4.79 Å². The van der Waals surface area contributed by atoms with Crippen LogP contribution in [0.15, 0.2) is 0 Å². The fraction of sp³-hybridized carbons (Fsp3) is 0.714. The molecule has 4 heteroatoms. The molecule has 0 saturated carbocycles. The molecule has 1 aromatic rings. The summed E-state index contributed by atoms with van der Waals surface area (Å²) in [6, 6.07) is 0. The van der Waals surface area contributed by atoms with Gasteiger partial charge < -0.3 is 0 Å². The van der Waals surface area contributed by atoms with Gasteiger partial charge in [-0.3, -0.25) is 9.48 Å². The van der Waals surface area contributed by atoms with Crippen molar-refractivity contribution in [3.05, 3.63) is 17.0 Å². The van der Waals surface area contributed by atoms with Crippen LogP contribution in [-0.4, -0.2) is 26.1 Å². The molecule has 0 atom stereocenters. The highest BCUT2D eigenvalue weighted by Gasteiger charge is 2.17. The maximum atomic E-state index is 11.8. The van der Waals surface area contributed by atoms with Crippen LogP contribution in [0.5, 0.6) is 0 Å². The molecule has 18 heavy (non-hydrogen) atoms. The highest BCUT2D eigenvalue weighted by Crippen LogP contribution is 2.23. The first-order chi connectivity index (χ1) is 8.26. The van der Waals surface area contributed by atoms with E-state index in [9.17, 15) is 4.79 Å². The molecule has 0 saturated heterocycles. The largest absolute Gasteiger partial charge is 0.294 e. The fourth-order valence-corrected chi connectivity index (χ4v) is 2.81. The minimum Gasteiger partial charge on any atom is -0.294 e. The van der Waals surface area contributed by atoms with Crippen molar-refractivity contribution in [2.75, 3.05) is 5.75 Å². The van der Waals surface area contributed by atoms with Crippen molar-refractivity contribution >= 4 is 17.5 Å². The molecule has 0 radical (unpaired) electrons. The molecule has 0 spiro atoms. The lowest BCUT2D eigenvalue weighted by Gasteiger charge is -2.17. The normalized spacial score (nSPS) is 11.9. The van der Waals surface area contributed by atoms with Gasteiger partial charge in [-0.1, -0.05) is 27.7 Å². The SMILES string of the molecule is CCC(=O)c1c(C)nn(CCSC(C)(C)C)c1C. The third kappa shape index (κ3) is 3.87. The molecule has 0 unspecified atom stereocenters. The van der Waals surface area contributed by atoms with Gasteiger partial charge >= 0.3 is 0 Å². The highest BCUT2D eigenvalue weighted by atomic mass is 32.2. The Balaban J connectivity index is 2.77. The Morgan fingerprint density at radius 3 is 2.44 bits per heavy atom. The Labute approximate surface area is 114 Å². The number of carbonyl (C=O) groups is 1. The molecule has 0 aliphatic carbocycles. The quantitative estimate of drug-likeness (QED) is 0.765. The Morgan fingerprint density at radius 1 is 1.33 bits per heavy atom. The number of thioether (sulfide) groups is 1. The van der Waals surface area contributed by atoms with Gasteiger partial charge in [0.05, 0.1) is 17.8 Å². The summed E-state index contributed by atoms with van der Waals surface area (Å²) in [5.74, 6) is 1.21. The fourth-order valence-electron chi connectivity index (χ4n) is 1.93. The van der Waals surface area contributed by atoms with E-state index in [1.165, 1.54) is 0 Å². The predicted molar refractivity (Wildman–Crippen MR) is 78.5 cm³/mol. The number of nitrogens with zero attached hydrogens (tertiary/aromatic N) is 2. The Hall–Kier alpha value is -0.770. The first-order valence-electron chi connectivity index (χ1n) is 6.47. The van der Waals surface area contributed by atoms with Crippen molar-refractivity contribution in [1.29, 1.82) is 0 Å². The van der Waals surface area contributed by atoms with E-state index in [4.69, 9.17) is 0 Å². The lowest BCUT2D eigenvalue weighted by molar-refractivity contribution is 0.0987. The van der Waals surface area contributed by atoms with Crippen molar-refractivity contribution in [3.8, 4) is 0 Å². The van der Waals surface area contributed by atoms with Crippen LogP contribution in [0.4, 0.5) is 0 Å². The van der Waals surface area contributed by atoms with Crippen LogP contribution in [0.2, 0.25) is 0 Å². The van der Waals surface area contributed by atoms with Crippen molar-refractivity contribution in [2.24, 2.45) is 0 Å². The highest BCUT2D eigenvalue weighted by molar-refractivity contribution is 8.00. The summed E-state index contributed by atoms with van der Waals surface area (Å²) >= 11 is 1.92. The number of hydrogen-bond acceptors (Lipinski definition) is 3. The van der Waals surface area contributed by atoms with E-state index in [1.54, 1.807) is 0 Å². The number of aryl methyl sites for hydroxylation is 2. The summed E-state index contributed by atoms with van der Waals surface area (Å²) in [6.45, 7) is 13.3. The molecular formula is C14H24N2OS. The number of ketones is 1. The third-order valence-electron chi connectivity index (χ3n) is 2.82.